The number of methoxy groups -OCH3 is 1. The molecule has 4 rings (SSSR count). The molecular weight excluding hydrogens is 430 g/mol. The van der Waals surface area contributed by atoms with E-state index in [9.17, 15) is 4.79 Å². The van der Waals surface area contributed by atoms with E-state index in [-0.39, 0.29) is 17.8 Å². The summed E-state index contributed by atoms with van der Waals surface area (Å²) in [6.07, 6.45) is 3.10. The maximum atomic E-state index is 13.6. The minimum Gasteiger partial charge on any atom is -0.497 e. The van der Waals surface area contributed by atoms with Crippen LogP contribution in [0.4, 0.5) is 11.5 Å². The van der Waals surface area contributed by atoms with Gasteiger partial charge in [-0.15, -0.1) is 0 Å². The SMILES string of the molecule is CCO[C@H]1CC(Nc2c(CC)nc(-c3ccc(OC)cc3C)n(C)c2=O)N(c2ccccn2)C1. The van der Waals surface area contributed by atoms with Gasteiger partial charge in [-0.05, 0) is 56.2 Å². The van der Waals surface area contributed by atoms with Crippen LogP contribution in [0.5, 0.6) is 5.75 Å². The lowest BCUT2D eigenvalue weighted by Gasteiger charge is -2.27. The van der Waals surface area contributed by atoms with Crippen LogP contribution in [0.1, 0.15) is 31.5 Å². The van der Waals surface area contributed by atoms with E-state index in [1.54, 1.807) is 24.9 Å². The van der Waals surface area contributed by atoms with Gasteiger partial charge in [-0.3, -0.25) is 9.36 Å². The Balaban J connectivity index is 1.72. The molecule has 34 heavy (non-hydrogen) atoms. The Labute approximate surface area is 200 Å². The molecule has 1 aliphatic rings. The minimum atomic E-state index is -0.125. The predicted molar refractivity (Wildman–Crippen MR) is 135 cm³/mol. The summed E-state index contributed by atoms with van der Waals surface area (Å²) >= 11 is 0. The first kappa shape index (κ1) is 23.8. The summed E-state index contributed by atoms with van der Waals surface area (Å²) in [5, 5.41) is 3.51. The quantitative estimate of drug-likeness (QED) is 0.544. The number of ether oxygens (including phenoxy) is 2. The zero-order valence-electron chi connectivity index (χ0n) is 20.5. The molecule has 0 bridgehead atoms. The molecule has 8 heteroatoms. The Bertz CT molecular complexity index is 1200. The lowest BCUT2D eigenvalue weighted by Crippen LogP contribution is -2.39. The fourth-order valence-electron chi connectivity index (χ4n) is 4.54. The highest BCUT2D eigenvalue weighted by Crippen LogP contribution is 2.29. The third-order valence-electron chi connectivity index (χ3n) is 6.29. The van der Waals surface area contributed by atoms with Crippen LogP contribution in [0.25, 0.3) is 11.4 Å². The van der Waals surface area contributed by atoms with Crippen molar-refractivity contribution < 1.29 is 9.47 Å². The molecular formula is C26H33N5O3. The third kappa shape index (κ3) is 4.63. The summed E-state index contributed by atoms with van der Waals surface area (Å²) < 4.78 is 12.9. The molecule has 1 saturated heterocycles. The molecule has 0 radical (unpaired) electrons. The minimum absolute atomic E-state index is 0.0626. The second-order valence-corrected chi connectivity index (χ2v) is 8.47. The largest absolute Gasteiger partial charge is 0.497 e. The molecule has 1 aliphatic heterocycles. The van der Waals surface area contributed by atoms with Crippen LogP contribution in [0, 0.1) is 6.92 Å². The van der Waals surface area contributed by atoms with Gasteiger partial charge in [-0.2, -0.15) is 0 Å². The van der Waals surface area contributed by atoms with E-state index in [2.05, 4.69) is 15.2 Å². The average molecular weight is 464 g/mol. The highest BCUT2D eigenvalue weighted by molar-refractivity contribution is 5.64. The summed E-state index contributed by atoms with van der Waals surface area (Å²) in [5.74, 6) is 2.28. The molecule has 3 aromatic rings. The molecule has 0 saturated carbocycles. The monoisotopic (exact) mass is 463 g/mol. The second kappa shape index (κ2) is 10.3. The number of rotatable bonds is 8. The number of benzene rings is 1. The number of hydrogen-bond donors (Lipinski definition) is 1. The molecule has 8 nitrogen and oxygen atoms in total. The maximum absolute atomic E-state index is 13.6. The van der Waals surface area contributed by atoms with Gasteiger partial charge in [-0.1, -0.05) is 13.0 Å². The zero-order chi connectivity index (χ0) is 24.2. The number of aryl methyl sites for hydroxylation is 2. The van der Waals surface area contributed by atoms with Crippen LogP contribution in [0.3, 0.4) is 0 Å². The summed E-state index contributed by atoms with van der Waals surface area (Å²) in [6, 6.07) is 11.7. The van der Waals surface area contributed by atoms with Crippen molar-refractivity contribution in [1.29, 1.82) is 0 Å². The molecule has 180 valence electrons. The smallest absolute Gasteiger partial charge is 0.277 e. The summed E-state index contributed by atoms with van der Waals surface area (Å²) in [7, 11) is 3.42. The predicted octanol–water partition coefficient (Wildman–Crippen LogP) is 3.78. The first-order valence-corrected chi connectivity index (χ1v) is 11.8. The molecule has 1 aromatic carbocycles. The van der Waals surface area contributed by atoms with Gasteiger partial charge in [0, 0.05) is 38.4 Å². The summed E-state index contributed by atoms with van der Waals surface area (Å²) in [5.41, 5.74) is 3.09. The third-order valence-corrected chi connectivity index (χ3v) is 6.29. The van der Waals surface area contributed by atoms with Crippen molar-refractivity contribution in [1.82, 2.24) is 14.5 Å². The van der Waals surface area contributed by atoms with E-state index in [4.69, 9.17) is 14.5 Å². The molecule has 1 unspecified atom stereocenters. The average Bonchev–Trinajstić information content (AvgIpc) is 3.25. The van der Waals surface area contributed by atoms with Gasteiger partial charge < -0.3 is 19.7 Å². The van der Waals surface area contributed by atoms with Crippen molar-refractivity contribution in [2.24, 2.45) is 7.05 Å². The Morgan fingerprint density at radius 1 is 1.21 bits per heavy atom. The van der Waals surface area contributed by atoms with Gasteiger partial charge in [-0.25, -0.2) is 9.97 Å². The van der Waals surface area contributed by atoms with Crippen molar-refractivity contribution >= 4 is 11.5 Å². The van der Waals surface area contributed by atoms with Gasteiger partial charge in [0.1, 0.15) is 29.2 Å². The first-order valence-electron chi connectivity index (χ1n) is 11.8. The van der Waals surface area contributed by atoms with Gasteiger partial charge in [0.15, 0.2) is 0 Å². The molecule has 3 heterocycles. The van der Waals surface area contributed by atoms with Crippen LogP contribution in [0.15, 0.2) is 47.4 Å². The standard InChI is InChI=1S/C26H33N5O3/c1-6-21-24(26(32)30(4)25(28-21)20-12-11-18(33-5)14-17(20)3)29-23-15-19(34-7-2)16-31(23)22-10-8-9-13-27-22/h8-14,19,23,29H,6-7,15-16H2,1-5H3/t19-,23?/m0/s1. The van der Waals surface area contributed by atoms with E-state index in [0.717, 1.165) is 34.8 Å². The van der Waals surface area contributed by atoms with Crippen molar-refractivity contribution in [3.8, 4) is 17.1 Å². The van der Waals surface area contributed by atoms with Gasteiger partial charge in [0.2, 0.25) is 0 Å². The lowest BCUT2D eigenvalue weighted by atomic mass is 10.1. The molecule has 0 amide bonds. The maximum Gasteiger partial charge on any atom is 0.277 e. The van der Waals surface area contributed by atoms with Gasteiger partial charge >= 0.3 is 0 Å². The van der Waals surface area contributed by atoms with Crippen LogP contribution in [-0.2, 0) is 18.2 Å². The highest BCUT2D eigenvalue weighted by atomic mass is 16.5. The first-order chi connectivity index (χ1) is 16.5. The molecule has 0 aliphatic carbocycles. The molecule has 0 spiro atoms. The Morgan fingerprint density at radius 2 is 2.03 bits per heavy atom. The molecule has 2 atom stereocenters. The Hall–Kier alpha value is -3.39. The number of anilines is 2. The fourth-order valence-corrected chi connectivity index (χ4v) is 4.54. The number of nitrogens with one attached hydrogen (secondary N) is 1. The van der Waals surface area contributed by atoms with Crippen LogP contribution < -0.4 is 20.5 Å². The molecule has 1 N–H and O–H groups in total. The zero-order valence-corrected chi connectivity index (χ0v) is 20.5. The topological polar surface area (TPSA) is 81.5 Å². The Morgan fingerprint density at radius 3 is 2.68 bits per heavy atom. The molecule has 1 fully saturated rings. The van der Waals surface area contributed by atoms with E-state index < -0.39 is 0 Å². The Kier molecular flexibility index (Phi) is 7.17. The summed E-state index contributed by atoms with van der Waals surface area (Å²) in [4.78, 5) is 25.2. The van der Waals surface area contributed by atoms with Crippen molar-refractivity contribution in [2.75, 3.05) is 30.5 Å². The van der Waals surface area contributed by atoms with Crippen LogP contribution in [-0.4, -0.2) is 47.1 Å². The normalized spacial score (nSPS) is 17.7. The summed E-state index contributed by atoms with van der Waals surface area (Å²) in [6.45, 7) is 7.37. The molecule has 2 aromatic heterocycles. The van der Waals surface area contributed by atoms with E-state index in [1.165, 1.54) is 0 Å². The van der Waals surface area contributed by atoms with Gasteiger partial charge in [0.05, 0.1) is 18.9 Å². The number of nitrogens with zero attached hydrogens (tertiary/aromatic N) is 4. The van der Waals surface area contributed by atoms with Crippen LogP contribution in [0.2, 0.25) is 0 Å². The van der Waals surface area contributed by atoms with Crippen LogP contribution >= 0.6 is 0 Å². The second-order valence-electron chi connectivity index (χ2n) is 8.47. The van der Waals surface area contributed by atoms with E-state index >= 15 is 0 Å². The number of pyridine rings is 1. The van der Waals surface area contributed by atoms with Crippen molar-refractivity contribution in [2.45, 2.75) is 45.9 Å². The fraction of sp³-hybridized carbons (Fsp3) is 0.423. The van der Waals surface area contributed by atoms with Crippen molar-refractivity contribution in [3.63, 3.8) is 0 Å². The van der Waals surface area contributed by atoms with E-state index in [1.807, 2.05) is 57.2 Å². The van der Waals surface area contributed by atoms with Gasteiger partial charge in [0.25, 0.3) is 5.56 Å². The number of aromatic nitrogens is 3. The van der Waals surface area contributed by atoms with E-state index in [0.29, 0.717) is 31.1 Å². The highest BCUT2D eigenvalue weighted by Gasteiger charge is 2.34. The van der Waals surface area contributed by atoms with Crippen molar-refractivity contribution in [3.05, 3.63) is 64.2 Å². The lowest BCUT2D eigenvalue weighted by molar-refractivity contribution is 0.0771. The number of hydrogen-bond acceptors (Lipinski definition) is 7.